The molecule has 31 heavy (non-hydrogen) atoms. The predicted octanol–water partition coefficient (Wildman–Crippen LogP) is 4.52. The summed E-state index contributed by atoms with van der Waals surface area (Å²) in [7, 11) is 1.76. The molecule has 0 bridgehead atoms. The third kappa shape index (κ3) is 3.06. The quantitative estimate of drug-likeness (QED) is 0.459. The highest BCUT2D eigenvalue weighted by atomic mass is 16.2. The molecule has 1 aliphatic heterocycles. The Labute approximate surface area is 179 Å². The van der Waals surface area contributed by atoms with Crippen LogP contribution in [0.4, 0.5) is 5.69 Å². The molecule has 0 aliphatic carbocycles. The number of anilines is 1. The first-order chi connectivity index (χ1) is 14.9. The van der Waals surface area contributed by atoms with Crippen LogP contribution in [0.25, 0.3) is 28.2 Å². The molecule has 0 saturated heterocycles. The Morgan fingerprint density at radius 3 is 2.45 bits per heavy atom. The van der Waals surface area contributed by atoms with Crippen LogP contribution < -0.4 is 10.5 Å². The van der Waals surface area contributed by atoms with Crippen molar-refractivity contribution in [1.29, 1.82) is 0 Å². The zero-order valence-electron chi connectivity index (χ0n) is 17.6. The highest BCUT2D eigenvalue weighted by Crippen LogP contribution is 2.37. The molecule has 5 nitrogen and oxygen atoms in total. The molecule has 0 atom stereocenters. The van der Waals surface area contributed by atoms with Crippen LogP contribution in [0.2, 0.25) is 0 Å². The van der Waals surface area contributed by atoms with E-state index in [2.05, 4.69) is 0 Å². The van der Waals surface area contributed by atoms with Crippen molar-refractivity contribution in [2.75, 3.05) is 11.9 Å². The molecule has 5 heteroatoms. The summed E-state index contributed by atoms with van der Waals surface area (Å²) in [6.45, 7) is 3.98. The fourth-order valence-electron chi connectivity index (χ4n) is 4.10. The fraction of sp³-hybridized carbons (Fsp3) is 0.115. The van der Waals surface area contributed by atoms with Crippen molar-refractivity contribution in [2.24, 2.45) is 0 Å². The van der Waals surface area contributed by atoms with Crippen molar-refractivity contribution in [1.82, 2.24) is 9.55 Å². The molecule has 5 rings (SSSR count). The van der Waals surface area contributed by atoms with E-state index in [1.54, 1.807) is 28.7 Å². The Kier molecular flexibility index (Phi) is 4.33. The van der Waals surface area contributed by atoms with Gasteiger partial charge < -0.3 is 4.90 Å². The second kappa shape index (κ2) is 7.06. The second-order valence-electron chi connectivity index (χ2n) is 7.91. The molecule has 2 heterocycles. The maximum Gasteiger partial charge on any atom is 0.266 e. The van der Waals surface area contributed by atoms with Crippen molar-refractivity contribution in [3.8, 4) is 5.69 Å². The van der Waals surface area contributed by atoms with Crippen LogP contribution >= 0.6 is 0 Å². The molecular weight excluding hydrogens is 386 g/mol. The second-order valence-corrected chi connectivity index (χ2v) is 7.91. The van der Waals surface area contributed by atoms with Gasteiger partial charge >= 0.3 is 0 Å². The number of aromatic nitrogens is 2. The smallest absolute Gasteiger partial charge is 0.266 e. The SMILES string of the molecule is Cc1cccc(-n2c(/C=C3/C(=O)N(C)c4ccc(C)cc43)nc3ccccc3c2=O)c1. The average Bonchev–Trinajstić information content (AvgIpc) is 2.98. The highest BCUT2D eigenvalue weighted by molar-refractivity contribution is 6.35. The van der Waals surface area contributed by atoms with Gasteiger partial charge in [-0.1, -0.05) is 35.9 Å². The van der Waals surface area contributed by atoms with Crippen LogP contribution in [0.3, 0.4) is 0 Å². The van der Waals surface area contributed by atoms with E-state index in [0.717, 1.165) is 28.1 Å². The number of benzene rings is 3. The first-order valence-corrected chi connectivity index (χ1v) is 10.1. The van der Waals surface area contributed by atoms with Crippen LogP contribution in [0.1, 0.15) is 22.5 Å². The summed E-state index contributed by atoms with van der Waals surface area (Å²) in [5, 5.41) is 0.539. The molecule has 0 fully saturated rings. The molecule has 0 radical (unpaired) electrons. The lowest BCUT2D eigenvalue weighted by atomic mass is 10.0. The van der Waals surface area contributed by atoms with Gasteiger partial charge in [0.05, 0.1) is 27.9 Å². The maximum atomic E-state index is 13.5. The van der Waals surface area contributed by atoms with Crippen LogP contribution in [0.15, 0.2) is 71.5 Å². The average molecular weight is 407 g/mol. The number of fused-ring (bicyclic) bond motifs is 2. The molecule has 4 aromatic rings. The molecule has 1 aliphatic rings. The van der Waals surface area contributed by atoms with Gasteiger partial charge in [-0.3, -0.25) is 14.2 Å². The Balaban J connectivity index is 1.84. The van der Waals surface area contributed by atoms with Gasteiger partial charge in [-0.25, -0.2) is 4.98 Å². The van der Waals surface area contributed by atoms with Gasteiger partial charge in [-0.05, 0) is 61.9 Å². The van der Waals surface area contributed by atoms with E-state index in [9.17, 15) is 9.59 Å². The fourth-order valence-corrected chi connectivity index (χ4v) is 4.10. The summed E-state index contributed by atoms with van der Waals surface area (Å²) in [4.78, 5) is 33.0. The van der Waals surface area contributed by atoms with Crippen molar-refractivity contribution >= 4 is 34.1 Å². The molecule has 1 amide bonds. The predicted molar refractivity (Wildman–Crippen MR) is 125 cm³/mol. The number of aryl methyl sites for hydroxylation is 2. The first-order valence-electron chi connectivity index (χ1n) is 10.1. The minimum atomic E-state index is -0.161. The normalized spacial score (nSPS) is 14.5. The van der Waals surface area contributed by atoms with Crippen molar-refractivity contribution < 1.29 is 4.79 Å². The van der Waals surface area contributed by atoms with Gasteiger partial charge in [0.1, 0.15) is 5.82 Å². The molecule has 0 spiro atoms. The summed E-state index contributed by atoms with van der Waals surface area (Å²) in [6, 6.07) is 20.9. The lowest BCUT2D eigenvalue weighted by molar-refractivity contribution is -0.112. The number of likely N-dealkylation sites (N-methyl/N-ethyl adjacent to an activating group) is 1. The van der Waals surface area contributed by atoms with Crippen molar-refractivity contribution in [3.05, 3.63) is 99.6 Å². The lowest BCUT2D eigenvalue weighted by Gasteiger charge is -2.13. The molecule has 3 aromatic carbocycles. The van der Waals surface area contributed by atoms with E-state index in [-0.39, 0.29) is 11.5 Å². The van der Waals surface area contributed by atoms with E-state index in [1.807, 2.05) is 74.5 Å². The number of hydrogen-bond acceptors (Lipinski definition) is 3. The molecular formula is C26H21N3O2. The zero-order valence-corrected chi connectivity index (χ0v) is 17.6. The number of hydrogen-bond donors (Lipinski definition) is 0. The largest absolute Gasteiger partial charge is 0.311 e. The summed E-state index contributed by atoms with van der Waals surface area (Å²) < 4.78 is 1.59. The molecule has 0 unspecified atom stereocenters. The zero-order chi connectivity index (χ0) is 21.7. The van der Waals surface area contributed by atoms with Crippen LogP contribution in [-0.4, -0.2) is 22.5 Å². The van der Waals surface area contributed by atoms with Crippen LogP contribution in [0, 0.1) is 13.8 Å². The Morgan fingerprint density at radius 2 is 1.65 bits per heavy atom. The lowest BCUT2D eigenvalue weighted by Crippen LogP contribution is -2.23. The van der Waals surface area contributed by atoms with E-state index in [0.29, 0.717) is 22.3 Å². The van der Waals surface area contributed by atoms with Gasteiger partial charge in [0, 0.05) is 12.6 Å². The minimum absolute atomic E-state index is 0.112. The van der Waals surface area contributed by atoms with Gasteiger partial charge in [0.25, 0.3) is 11.5 Å². The molecule has 152 valence electrons. The number of carbonyl (C=O) groups excluding carboxylic acids is 1. The van der Waals surface area contributed by atoms with Crippen LogP contribution in [-0.2, 0) is 4.79 Å². The Morgan fingerprint density at radius 1 is 0.871 bits per heavy atom. The topological polar surface area (TPSA) is 55.2 Å². The summed E-state index contributed by atoms with van der Waals surface area (Å²) in [6.07, 6.45) is 1.74. The van der Waals surface area contributed by atoms with E-state index >= 15 is 0 Å². The van der Waals surface area contributed by atoms with Gasteiger partial charge in [0.15, 0.2) is 0 Å². The number of para-hydroxylation sites is 1. The monoisotopic (exact) mass is 407 g/mol. The molecule has 1 aromatic heterocycles. The number of rotatable bonds is 2. The Bertz CT molecular complexity index is 1460. The highest BCUT2D eigenvalue weighted by Gasteiger charge is 2.30. The van der Waals surface area contributed by atoms with Gasteiger partial charge in [-0.2, -0.15) is 0 Å². The standard InChI is InChI=1S/C26H21N3O2/c1-16-7-6-8-18(13-16)29-24(27-22-10-5-4-9-19(22)26(29)31)15-21-20-14-17(2)11-12-23(20)28(3)25(21)30/h4-15H,1-3H3/b21-15+. The minimum Gasteiger partial charge on any atom is -0.311 e. The van der Waals surface area contributed by atoms with E-state index < -0.39 is 0 Å². The van der Waals surface area contributed by atoms with E-state index in [1.165, 1.54) is 0 Å². The molecule has 0 N–H and O–H groups in total. The van der Waals surface area contributed by atoms with Gasteiger partial charge in [0.2, 0.25) is 0 Å². The summed E-state index contributed by atoms with van der Waals surface area (Å²) in [5.74, 6) is 0.319. The Hall–Kier alpha value is -3.99. The molecule has 0 saturated carbocycles. The summed E-state index contributed by atoms with van der Waals surface area (Å²) >= 11 is 0. The van der Waals surface area contributed by atoms with E-state index in [4.69, 9.17) is 4.98 Å². The summed E-state index contributed by atoms with van der Waals surface area (Å²) in [5.41, 5.74) is 5.50. The number of amides is 1. The van der Waals surface area contributed by atoms with Crippen molar-refractivity contribution in [2.45, 2.75) is 13.8 Å². The number of nitrogens with zero attached hydrogens (tertiary/aromatic N) is 3. The first kappa shape index (κ1) is 19.0. The third-order valence-electron chi connectivity index (χ3n) is 5.67. The number of carbonyl (C=O) groups is 1. The van der Waals surface area contributed by atoms with Crippen LogP contribution in [0.5, 0.6) is 0 Å². The van der Waals surface area contributed by atoms with Crippen molar-refractivity contribution in [3.63, 3.8) is 0 Å². The third-order valence-corrected chi connectivity index (χ3v) is 5.67. The maximum absolute atomic E-state index is 13.5. The van der Waals surface area contributed by atoms with Gasteiger partial charge in [-0.15, -0.1) is 0 Å².